The highest BCUT2D eigenvalue weighted by Crippen LogP contribution is 2.26. The van der Waals surface area contributed by atoms with E-state index in [4.69, 9.17) is 11.6 Å². The molecule has 0 spiro atoms. The Morgan fingerprint density at radius 2 is 1.65 bits per heavy atom. The molecular formula is C17H17ClFN3O. The van der Waals surface area contributed by atoms with Crippen molar-refractivity contribution in [2.45, 2.75) is 0 Å². The van der Waals surface area contributed by atoms with Crippen LogP contribution < -0.4 is 10.2 Å². The molecule has 1 aliphatic heterocycles. The summed E-state index contributed by atoms with van der Waals surface area (Å²) in [4.78, 5) is 16.1. The predicted octanol–water partition coefficient (Wildman–Crippen LogP) is 3.83. The maximum absolute atomic E-state index is 13.6. The molecule has 1 aliphatic rings. The summed E-state index contributed by atoms with van der Waals surface area (Å²) >= 11 is 6.21. The molecule has 23 heavy (non-hydrogen) atoms. The molecule has 2 amide bonds. The van der Waals surface area contributed by atoms with E-state index in [2.05, 4.69) is 10.2 Å². The lowest BCUT2D eigenvalue weighted by Crippen LogP contribution is -2.50. The normalized spacial score (nSPS) is 14.7. The van der Waals surface area contributed by atoms with Gasteiger partial charge in [-0.3, -0.25) is 0 Å². The number of carbonyl (C=O) groups excluding carboxylic acids is 1. The monoisotopic (exact) mass is 333 g/mol. The fraction of sp³-hybridized carbons (Fsp3) is 0.235. The molecule has 1 heterocycles. The van der Waals surface area contributed by atoms with Crippen molar-refractivity contribution in [3.63, 3.8) is 0 Å². The summed E-state index contributed by atoms with van der Waals surface area (Å²) < 4.78 is 13.6. The molecule has 6 heteroatoms. The van der Waals surface area contributed by atoms with Crippen LogP contribution in [0.1, 0.15) is 0 Å². The first kappa shape index (κ1) is 15.6. The summed E-state index contributed by atoms with van der Waals surface area (Å²) in [5, 5.41) is 3.32. The Kier molecular flexibility index (Phi) is 4.67. The summed E-state index contributed by atoms with van der Waals surface area (Å²) in [5.41, 5.74) is 1.18. The SMILES string of the molecule is O=C(Nc1ccccc1F)N1CCN(c2ccccc2Cl)CC1. The highest BCUT2D eigenvalue weighted by molar-refractivity contribution is 6.33. The molecule has 2 aromatic rings. The minimum absolute atomic E-state index is 0.200. The third kappa shape index (κ3) is 3.56. The van der Waals surface area contributed by atoms with Crippen LogP contribution in [0.2, 0.25) is 5.02 Å². The van der Waals surface area contributed by atoms with Gasteiger partial charge in [-0.15, -0.1) is 0 Å². The zero-order chi connectivity index (χ0) is 16.2. The lowest BCUT2D eigenvalue weighted by molar-refractivity contribution is 0.208. The van der Waals surface area contributed by atoms with Gasteiger partial charge < -0.3 is 15.1 Å². The number of rotatable bonds is 2. The lowest BCUT2D eigenvalue weighted by atomic mass is 10.2. The predicted molar refractivity (Wildman–Crippen MR) is 90.7 cm³/mol. The maximum atomic E-state index is 13.6. The minimum Gasteiger partial charge on any atom is -0.367 e. The third-order valence-electron chi connectivity index (χ3n) is 3.88. The average molecular weight is 334 g/mol. The van der Waals surface area contributed by atoms with Gasteiger partial charge in [-0.1, -0.05) is 35.9 Å². The molecule has 0 aliphatic carbocycles. The summed E-state index contributed by atoms with van der Waals surface area (Å²) in [6, 6.07) is 13.5. The molecular weight excluding hydrogens is 317 g/mol. The number of piperazine rings is 1. The second-order valence-corrected chi connectivity index (χ2v) is 5.74. The van der Waals surface area contributed by atoms with Gasteiger partial charge in [-0.2, -0.15) is 0 Å². The number of hydrogen-bond acceptors (Lipinski definition) is 2. The van der Waals surface area contributed by atoms with Gasteiger partial charge in [-0.25, -0.2) is 9.18 Å². The van der Waals surface area contributed by atoms with Crippen LogP contribution in [0, 0.1) is 5.82 Å². The fourth-order valence-electron chi connectivity index (χ4n) is 2.62. The number of urea groups is 1. The topological polar surface area (TPSA) is 35.6 Å². The Morgan fingerprint density at radius 3 is 2.35 bits per heavy atom. The zero-order valence-corrected chi connectivity index (χ0v) is 13.3. The van der Waals surface area contributed by atoms with Crippen LogP contribution in [-0.4, -0.2) is 37.1 Å². The Morgan fingerprint density at radius 1 is 1.00 bits per heavy atom. The van der Waals surface area contributed by atoms with E-state index in [-0.39, 0.29) is 11.7 Å². The molecule has 1 fully saturated rings. The smallest absolute Gasteiger partial charge is 0.322 e. The van der Waals surface area contributed by atoms with Crippen molar-refractivity contribution in [1.82, 2.24) is 4.90 Å². The number of amides is 2. The van der Waals surface area contributed by atoms with E-state index in [9.17, 15) is 9.18 Å². The third-order valence-corrected chi connectivity index (χ3v) is 4.20. The van der Waals surface area contributed by atoms with Crippen molar-refractivity contribution in [1.29, 1.82) is 0 Å². The fourth-order valence-corrected chi connectivity index (χ4v) is 2.87. The van der Waals surface area contributed by atoms with Crippen LogP contribution in [0.3, 0.4) is 0 Å². The van der Waals surface area contributed by atoms with Gasteiger partial charge in [0.2, 0.25) is 0 Å². The van der Waals surface area contributed by atoms with Crippen LogP contribution in [0.25, 0.3) is 0 Å². The van der Waals surface area contributed by atoms with Crippen molar-refractivity contribution in [3.8, 4) is 0 Å². The standard InChI is InChI=1S/C17H17ClFN3O/c18-13-5-1-4-8-16(13)21-9-11-22(12-10-21)17(23)20-15-7-3-2-6-14(15)19/h1-8H,9-12H2,(H,20,23). The van der Waals surface area contributed by atoms with E-state index in [1.165, 1.54) is 6.07 Å². The molecule has 0 bridgehead atoms. The van der Waals surface area contributed by atoms with Crippen molar-refractivity contribution >= 4 is 29.0 Å². The van der Waals surface area contributed by atoms with Gasteiger partial charge in [-0.05, 0) is 24.3 Å². The Balaban J connectivity index is 1.60. The largest absolute Gasteiger partial charge is 0.367 e. The Labute approximate surface area is 139 Å². The number of carbonyl (C=O) groups is 1. The van der Waals surface area contributed by atoms with E-state index >= 15 is 0 Å². The first-order valence-electron chi connectivity index (χ1n) is 7.45. The summed E-state index contributed by atoms with van der Waals surface area (Å²) in [6.45, 7) is 2.50. The van der Waals surface area contributed by atoms with E-state index < -0.39 is 5.82 Å². The quantitative estimate of drug-likeness (QED) is 0.906. The molecule has 4 nitrogen and oxygen atoms in total. The van der Waals surface area contributed by atoms with Crippen LogP contribution >= 0.6 is 11.6 Å². The van der Waals surface area contributed by atoms with Crippen molar-refractivity contribution in [3.05, 3.63) is 59.4 Å². The van der Waals surface area contributed by atoms with Gasteiger partial charge in [0, 0.05) is 26.2 Å². The number of benzene rings is 2. The van der Waals surface area contributed by atoms with E-state index in [0.717, 1.165) is 5.69 Å². The van der Waals surface area contributed by atoms with Gasteiger partial charge in [0.25, 0.3) is 0 Å². The van der Waals surface area contributed by atoms with Crippen LogP contribution in [0.15, 0.2) is 48.5 Å². The van der Waals surface area contributed by atoms with E-state index in [1.807, 2.05) is 24.3 Å². The molecule has 0 saturated carbocycles. The highest BCUT2D eigenvalue weighted by Gasteiger charge is 2.22. The molecule has 0 radical (unpaired) electrons. The van der Waals surface area contributed by atoms with Crippen molar-refractivity contribution in [2.75, 3.05) is 36.4 Å². The number of halogens is 2. The second-order valence-electron chi connectivity index (χ2n) is 5.34. The molecule has 3 rings (SSSR count). The molecule has 1 saturated heterocycles. The Bertz CT molecular complexity index is 702. The van der Waals surface area contributed by atoms with Gasteiger partial charge in [0.1, 0.15) is 5.82 Å². The number of nitrogens with one attached hydrogen (secondary N) is 1. The summed E-state index contributed by atoms with van der Waals surface area (Å²) in [5.74, 6) is -0.435. The summed E-state index contributed by atoms with van der Waals surface area (Å²) in [6.07, 6.45) is 0. The molecule has 1 N–H and O–H groups in total. The van der Waals surface area contributed by atoms with E-state index in [0.29, 0.717) is 31.2 Å². The van der Waals surface area contributed by atoms with Gasteiger partial charge in [0.15, 0.2) is 0 Å². The Hall–Kier alpha value is -2.27. The first-order valence-corrected chi connectivity index (χ1v) is 7.83. The lowest BCUT2D eigenvalue weighted by Gasteiger charge is -2.36. The first-order chi connectivity index (χ1) is 11.1. The van der Waals surface area contributed by atoms with Crippen LogP contribution in [0.4, 0.5) is 20.6 Å². The average Bonchev–Trinajstić information content (AvgIpc) is 2.57. The van der Waals surface area contributed by atoms with Gasteiger partial charge >= 0.3 is 6.03 Å². The molecule has 120 valence electrons. The molecule has 0 aromatic heterocycles. The molecule has 0 unspecified atom stereocenters. The van der Waals surface area contributed by atoms with Gasteiger partial charge in [0.05, 0.1) is 16.4 Å². The number of anilines is 2. The highest BCUT2D eigenvalue weighted by atomic mass is 35.5. The molecule has 0 atom stereocenters. The maximum Gasteiger partial charge on any atom is 0.322 e. The zero-order valence-electron chi connectivity index (χ0n) is 12.5. The van der Waals surface area contributed by atoms with Crippen LogP contribution in [-0.2, 0) is 0 Å². The summed E-state index contributed by atoms with van der Waals surface area (Å²) in [7, 11) is 0. The number of nitrogens with zero attached hydrogens (tertiary/aromatic N) is 2. The van der Waals surface area contributed by atoms with Crippen LogP contribution in [0.5, 0.6) is 0 Å². The molecule has 2 aromatic carbocycles. The number of para-hydroxylation sites is 2. The van der Waals surface area contributed by atoms with E-state index in [1.54, 1.807) is 23.1 Å². The van der Waals surface area contributed by atoms with Crippen molar-refractivity contribution < 1.29 is 9.18 Å². The number of hydrogen-bond donors (Lipinski definition) is 1. The second kappa shape index (κ2) is 6.87. The minimum atomic E-state index is -0.435. The van der Waals surface area contributed by atoms with Crippen molar-refractivity contribution in [2.24, 2.45) is 0 Å².